The lowest BCUT2D eigenvalue weighted by molar-refractivity contribution is -0.138. The third-order valence-electron chi connectivity index (χ3n) is 6.27. The molecule has 3 fully saturated rings. The van der Waals surface area contributed by atoms with Gasteiger partial charge in [0.25, 0.3) is 5.91 Å². The Morgan fingerprint density at radius 1 is 0.960 bits per heavy atom. The van der Waals surface area contributed by atoms with Gasteiger partial charge >= 0.3 is 0 Å². The first-order valence-corrected chi connectivity index (χ1v) is 9.38. The number of hydrogen-bond donors (Lipinski definition) is 0. The van der Waals surface area contributed by atoms with Crippen molar-refractivity contribution in [2.75, 3.05) is 33.3 Å². The predicted octanol–water partition coefficient (Wildman–Crippen LogP) is 2.42. The maximum Gasteiger partial charge on any atom is 0.253 e. The van der Waals surface area contributed by atoms with Crippen LogP contribution in [0, 0.1) is 17.8 Å². The number of fused-ring (bicyclic) bond motifs is 2. The van der Waals surface area contributed by atoms with E-state index in [-0.39, 0.29) is 11.8 Å². The van der Waals surface area contributed by atoms with Gasteiger partial charge in [0.1, 0.15) is 5.75 Å². The molecule has 0 N–H and O–H groups in total. The highest BCUT2D eigenvalue weighted by molar-refractivity contribution is 5.94. The van der Waals surface area contributed by atoms with Crippen molar-refractivity contribution in [2.24, 2.45) is 17.8 Å². The summed E-state index contributed by atoms with van der Waals surface area (Å²) in [6.45, 7) is 2.57. The van der Waals surface area contributed by atoms with Crippen LogP contribution in [0.4, 0.5) is 0 Å². The van der Waals surface area contributed by atoms with E-state index < -0.39 is 0 Å². The van der Waals surface area contributed by atoms with E-state index in [1.54, 1.807) is 19.2 Å². The molecule has 1 aromatic carbocycles. The number of methoxy groups -OCH3 is 1. The fourth-order valence-corrected chi connectivity index (χ4v) is 4.83. The largest absolute Gasteiger partial charge is 0.497 e. The van der Waals surface area contributed by atoms with Crippen molar-refractivity contribution < 1.29 is 14.3 Å². The molecule has 134 valence electrons. The maximum absolute atomic E-state index is 12.8. The molecule has 0 spiro atoms. The molecule has 2 amide bonds. The highest BCUT2D eigenvalue weighted by Crippen LogP contribution is 2.48. The molecule has 2 saturated carbocycles. The molecule has 5 nitrogen and oxygen atoms in total. The van der Waals surface area contributed by atoms with E-state index in [0.29, 0.717) is 43.6 Å². The summed E-state index contributed by atoms with van der Waals surface area (Å²) in [5.41, 5.74) is 0.675. The molecule has 0 radical (unpaired) electrons. The Morgan fingerprint density at radius 2 is 1.64 bits per heavy atom. The van der Waals surface area contributed by atoms with Crippen molar-refractivity contribution in [3.8, 4) is 5.75 Å². The number of carbonyl (C=O) groups is 2. The normalized spacial score (nSPS) is 28.3. The Kier molecular flexibility index (Phi) is 4.40. The summed E-state index contributed by atoms with van der Waals surface area (Å²) in [5, 5.41) is 0. The van der Waals surface area contributed by atoms with Gasteiger partial charge < -0.3 is 14.5 Å². The zero-order valence-electron chi connectivity index (χ0n) is 14.8. The molecule has 0 aromatic heterocycles. The van der Waals surface area contributed by atoms with E-state index in [2.05, 4.69) is 0 Å². The molecule has 5 heteroatoms. The van der Waals surface area contributed by atoms with Gasteiger partial charge in [-0.1, -0.05) is 6.42 Å². The smallest absolute Gasteiger partial charge is 0.253 e. The lowest BCUT2D eigenvalue weighted by atomic mass is 9.87. The van der Waals surface area contributed by atoms with Gasteiger partial charge in [-0.2, -0.15) is 0 Å². The molecule has 3 aliphatic rings. The molecular formula is C20H26N2O3. The van der Waals surface area contributed by atoms with Crippen molar-refractivity contribution in [3.63, 3.8) is 0 Å². The average Bonchev–Trinajstić information content (AvgIpc) is 3.30. The number of hydrogen-bond acceptors (Lipinski definition) is 3. The summed E-state index contributed by atoms with van der Waals surface area (Å²) in [7, 11) is 1.61. The second-order valence-electron chi connectivity index (χ2n) is 7.63. The number of amides is 2. The Labute approximate surface area is 148 Å². The molecule has 2 aliphatic carbocycles. The van der Waals surface area contributed by atoms with Gasteiger partial charge in [-0.05, 0) is 55.4 Å². The van der Waals surface area contributed by atoms with Gasteiger partial charge in [-0.3, -0.25) is 9.59 Å². The predicted molar refractivity (Wildman–Crippen MR) is 94.4 cm³/mol. The molecule has 3 unspecified atom stereocenters. The van der Waals surface area contributed by atoms with Crippen LogP contribution < -0.4 is 4.74 Å². The van der Waals surface area contributed by atoms with Crippen LogP contribution in [-0.2, 0) is 4.79 Å². The van der Waals surface area contributed by atoms with E-state index in [1.807, 2.05) is 21.9 Å². The first kappa shape index (κ1) is 16.4. The van der Waals surface area contributed by atoms with Crippen LogP contribution >= 0.6 is 0 Å². The molecule has 1 aromatic rings. The number of benzene rings is 1. The van der Waals surface area contributed by atoms with Crippen molar-refractivity contribution in [3.05, 3.63) is 29.8 Å². The van der Waals surface area contributed by atoms with Crippen molar-refractivity contribution >= 4 is 11.8 Å². The summed E-state index contributed by atoms with van der Waals surface area (Å²) in [6.07, 6.45) is 4.90. The summed E-state index contributed by atoms with van der Waals surface area (Å²) in [6, 6.07) is 7.21. The third-order valence-corrected chi connectivity index (χ3v) is 6.27. The minimum atomic E-state index is 0.0367. The maximum atomic E-state index is 12.8. The van der Waals surface area contributed by atoms with Crippen LogP contribution in [0.1, 0.15) is 36.0 Å². The molecule has 1 aliphatic heterocycles. The van der Waals surface area contributed by atoms with E-state index in [4.69, 9.17) is 4.74 Å². The number of piperazine rings is 1. The Bertz CT molecular complexity index is 649. The minimum absolute atomic E-state index is 0.0367. The number of ether oxygens (including phenoxy) is 1. The van der Waals surface area contributed by atoms with Crippen LogP contribution in [0.25, 0.3) is 0 Å². The monoisotopic (exact) mass is 342 g/mol. The lowest BCUT2D eigenvalue weighted by Crippen LogP contribution is -2.52. The topological polar surface area (TPSA) is 49.9 Å². The van der Waals surface area contributed by atoms with Crippen LogP contribution in [0.5, 0.6) is 5.75 Å². The molecule has 3 atom stereocenters. The van der Waals surface area contributed by atoms with E-state index >= 15 is 0 Å². The van der Waals surface area contributed by atoms with Gasteiger partial charge in [0, 0.05) is 37.7 Å². The lowest BCUT2D eigenvalue weighted by Gasteiger charge is -2.37. The Balaban J connectivity index is 1.33. The van der Waals surface area contributed by atoms with Gasteiger partial charge in [-0.15, -0.1) is 0 Å². The summed E-state index contributed by atoms with van der Waals surface area (Å²) in [4.78, 5) is 29.3. The van der Waals surface area contributed by atoms with Gasteiger partial charge in [0.05, 0.1) is 7.11 Å². The second-order valence-corrected chi connectivity index (χ2v) is 7.63. The molecule has 2 bridgehead atoms. The Hall–Kier alpha value is -2.04. The zero-order chi connectivity index (χ0) is 17.4. The Morgan fingerprint density at radius 3 is 2.20 bits per heavy atom. The van der Waals surface area contributed by atoms with Crippen LogP contribution in [0.3, 0.4) is 0 Å². The standard InChI is InChI=1S/C20H26N2O3/c1-25-17-6-4-15(5-7-17)19(23)21-8-10-22(11-9-21)20(24)18-13-14-2-3-16(18)12-14/h4-7,14,16,18H,2-3,8-13H2,1H3. The highest BCUT2D eigenvalue weighted by Gasteiger charge is 2.44. The fraction of sp³-hybridized carbons (Fsp3) is 0.600. The highest BCUT2D eigenvalue weighted by atomic mass is 16.5. The van der Waals surface area contributed by atoms with Crippen molar-refractivity contribution in [1.82, 2.24) is 9.80 Å². The van der Waals surface area contributed by atoms with Gasteiger partial charge in [-0.25, -0.2) is 0 Å². The zero-order valence-corrected chi connectivity index (χ0v) is 14.8. The van der Waals surface area contributed by atoms with Crippen molar-refractivity contribution in [2.45, 2.75) is 25.7 Å². The van der Waals surface area contributed by atoms with Crippen LogP contribution in [0.15, 0.2) is 24.3 Å². The quantitative estimate of drug-likeness (QED) is 0.848. The first-order chi connectivity index (χ1) is 12.2. The van der Waals surface area contributed by atoms with E-state index in [1.165, 1.54) is 19.3 Å². The van der Waals surface area contributed by atoms with Crippen molar-refractivity contribution in [1.29, 1.82) is 0 Å². The van der Waals surface area contributed by atoms with E-state index in [0.717, 1.165) is 18.1 Å². The minimum Gasteiger partial charge on any atom is -0.497 e. The fourth-order valence-electron chi connectivity index (χ4n) is 4.83. The molecular weight excluding hydrogens is 316 g/mol. The van der Waals surface area contributed by atoms with Gasteiger partial charge in [0.2, 0.25) is 5.91 Å². The number of nitrogens with zero attached hydrogens (tertiary/aromatic N) is 2. The average molecular weight is 342 g/mol. The van der Waals surface area contributed by atoms with Gasteiger partial charge in [0.15, 0.2) is 0 Å². The molecule has 4 rings (SSSR count). The molecule has 1 heterocycles. The first-order valence-electron chi connectivity index (χ1n) is 9.38. The summed E-state index contributed by atoms with van der Waals surface area (Å²) >= 11 is 0. The van der Waals surface area contributed by atoms with Crippen LogP contribution in [-0.4, -0.2) is 54.9 Å². The SMILES string of the molecule is COc1ccc(C(=O)N2CCN(C(=O)C3CC4CCC3C4)CC2)cc1. The number of carbonyl (C=O) groups excluding carboxylic acids is 2. The third kappa shape index (κ3) is 3.12. The summed E-state index contributed by atoms with van der Waals surface area (Å²) < 4.78 is 5.14. The molecule has 25 heavy (non-hydrogen) atoms. The summed E-state index contributed by atoms with van der Waals surface area (Å²) in [5.74, 6) is 2.78. The molecule has 1 saturated heterocycles. The van der Waals surface area contributed by atoms with E-state index in [9.17, 15) is 9.59 Å². The number of rotatable bonds is 3. The van der Waals surface area contributed by atoms with Crippen LogP contribution in [0.2, 0.25) is 0 Å². The second kappa shape index (κ2) is 6.70.